The largest absolute Gasteiger partial charge is 0.395 e. The van der Waals surface area contributed by atoms with Crippen LogP contribution in [0.25, 0.3) is 11.3 Å². The van der Waals surface area contributed by atoms with Crippen LogP contribution < -0.4 is 11.1 Å². The van der Waals surface area contributed by atoms with Gasteiger partial charge in [0.25, 0.3) is 0 Å². The zero-order valence-electron chi connectivity index (χ0n) is 23.6. The lowest BCUT2D eigenvalue weighted by atomic mass is 9.84. The lowest BCUT2D eigenvalue weighted by molar-refractivity contribution is 0.111. The Morgan fingerprint density at radius 1 is 1.02 bits per heavy atom. The third kappa shape index (κ3) is 7.56. The van der Waals surface area contributed by atoms with Gasteiger partial charge in [0, 0.05) is 42.6 Å². The van der Waals surface area contributed by atoms with E-state index in [4.69, 9.17) is 10.7 Å². The molecule has 0 spiro atoms. The second-order valence-corrected chi connectivity index (χ2v) is 11.2. The van der Waals surface area contributed by atoms with Gasteiger partial charge in [-0.05, 0) is 29.5 Å². The molecule has 4 N–H and O–H groups in total. The molecule has 2 atom stereocenters. The highest BCUT2D eigenvalue weighted by Crippen LogP contribution is 2.39. The van der Waals surface area contributed by atoms with Gasteiger partial charge in [0.15, 0.2) is 11.6 Å². The van der Waals surface area contributed by atoms with Gasteiger partial charge in [0.1, 0.15) is 5.82 Å². The van der Waals surface area contributed by atoms with Crippen molar-refractivity contribution in [2.45, 2.75) is 45.8 Å². The zero-order valence-corrected chi connectivity index (χ0v) is 23.6. The van der Waals surface area contributed by atoms with Crippen LogP contribution in [0.3, 0.4) is 0 Å². The highest BCUT2D eigenvalue weighted by Gasteiger charge is 2.38. The Balaban J connectivity index is 1.81. The Morgan fingerprint density at radius 2 is 1.68 bits per heavy atom. The smallest absolute Gasteiger partial charge is 0.322 e. The summed E-state index contributed by atoms with van der Waals surface area (Å²) in [5.74, 6) is -1.40. The third-order valence-electron chi connectivity index (χ3n) is 6.86. The Labute approximate surface area is 239 Å². The van der Waals surface area contributed by atoms with Crippen molar-refractivity contribution in [1.82, 2.24) is 14.5 Å². The Bertz CT molecular complexity index is 1440. The number of benzene rings is 3. The van der Waals surface area contributed by atoms with E-state index in [2.05, 4.69) is 9.88 Å². The molecule has 4 rings (SSSR count). The van der Waals surface area contributed by atoms with E-state index < -0.39 is 35.2 Å². The van der Waals surface area contributed by atoms with E-state index in [1.807, 2.05) is 87.6 Å². The van der Waals surface area contributed by atoms with Crippen LogP contribution in [0.4, 0.5) is 19.3 Å². The van der Waals surface area contributed by atoms with Crippen LogP contribution in [-0.4, -0.2) is 44.8 Å². The van der Waals surface area contributed by atoms with Gasteiger partial charge in [-0.15, -0.1) is 0 Å². The van der Waals surface area contributed by atoms with Crippen LogP contribution in [0.15, 0.2) is 85.1 Å². The average Bonchev–Trinajstić information content (AvgIpc) is 3.35. The van der Waals surface area contributed by atoms with E-state index in [0.29, 0.717) is 18.8 Å². The number of urea groups is 1. The van der Waals surface area contributed by atoms with Gasteiger partial charge in [-0.25, -0.2) is 18.6 Å². The lowest BCUT2D eigenvalue weighted by Gasteiger charge is -2.40. The minimum absolute atomic E-state index is 0.121. The monoisotopic (exact) mass is 561 g/mol. The fourth-order valence-corrected chi connectivity index (χ4v) is 4.81. The molecule has 0 aliphatic rings. The van der Waals surface area contributed by atoms with Crippen molar-refractivity contribution in [2.75, 3.05) is 18.5 Å². The van der Waals surface area contributed by atoms with Gasteiger partial charge in [0.2, 0.25) is 0 Å². The van der Waals surface area contributed by atoms with Crippen molar-refractivity contribution in [3.63, 3.8) is 0 Å². The second-order valence-electron chi connectivity index (χ2n) is 11.2. The molecule has 7 nitrogen and oxygen atoms in total. The molecule has 0 aliphatic heterocycles. The van der Waals surface area contributed by atoms with E-state index in [-0.39, 0.29) is 18.8 Å². The Morgan fingerprint density at radius 3 is 2.29 bits per heavy atom. The van der Waals surface area contributed by atoms with Crippen molar-refractivity contribution < 1.29 is 18.7 Å². The number of nitrogens with one attached hydrogen (secondary N) is 1. The predicted octanol–water partition coefficient (Wildman–Crippen LogP) is 6.21. The summed E-state index contributed by atoms with van der Waals surface area (Å²) in [7, 11) is 0. The Hall–Kier alpha value is -4.08. The van der Waals surface area contributed by atoms with E-state index in [0.717, 1.165) is 29.0 Å². The number of hydrogen-bond donors (Lipinski definition) is 3. The van der Waals surface area contributed by atoms with Crippen molar-refractivity contribution in [1.29, 1.82) is 0 Å². The summed E-state index contributed by atoms with van der Waals surface area (Å²) in [6, 6.07) is 21.4. The number of imidazole rings is 1. The van der Waals surface area contributed by atoms with E-state index in [9.17, 15) is 18.7 Å². The minimum Gasteiger partial charge on any atom is -0.395 e. The molecular weight excluding hydrogens is 524 g/mol. The quantitative estimate of drug-likeness (QED) is 0.215. The van der Waals surface area contributed by atoms with Gasteiger partial charge < -0.3 is 25.6 Å². The number of anilines is 1. The molecule has 0 aliphatic carbocycles. The molecule has 0 fully saturated rings. The summed E-state index contributed by atoms with van der Waals surface area (Å²) in [5.41, 5.74) is 8.43. The fourth-order valence-electron chi connectivity index (χ4n) is 4.81. The molecule has 0 bridgehead atoms. The summed E-state index contributed by atoms with van der Waals surface area (Å²) >= 11 is 0. The van der Waals surface area contributed by atoms with Crippen molar-refractivity contribution >= 4 is 11.7 Å². The van der Waals surface area contributed by atoms with Crippen LogP contribution >= 0.6 is 0 Å². The number of aliphatic hydroxyl groups is 1. The van der Waals surface area contributed by atoms with E-state index >= 15 is 0 Å². The summed E-state index contributed by atoms with van der Waals surface area (Å²) in [5, 5.41) is 12.3. The molecular formula is C32H37F2N5O2. The first-order chi connectivity index (χ1) is 19.6. The molecule has 0 saturated carbocycles. The Kier molecular flexibility index (Phi) is 9.52. The average molecular weight is 562 g/mol. The van der Waals surface area contributed by atoms with Crippen molar-refractivity contribution in [2.24, 2.45) is 11.1 Å². The molecule has 1 heterocycles. The zero-order chi connectivity index (χ0) is 29.6. The van der Waals surface area contributed by atoms with Crippen molar-refractivity contribution in [3.05, 3.63) is 108 Å². The summed E-state index contributed by atoms with van der Waals surface area (Å²) in [4.78, 5) is 20.6. The maximum absolute atomic E-state index is 14.0. The van der Waals surface area contributed by atoms with Gasteiger partial charge in [-0.3, -0.25) is 0 Å². The molecule has 0 radical (unpaired) electrons. The van der Waals surface area contributed by atoms with Gasteiger partial charge >= 0.3 is 6.03 Å². The number of aromatic nitrogens is 2. The highest BCUT2D eigenvalue weighted by molar-refractivity contribution is 5.89. The van der Waals surface area contributed by atoms with Gasteiger partial charge in [-0.1, -0.05) is 81.4 Å². The summed E-state index contributed by atoms with van der Waals surface area (Å²) in [6.45, 7) is 6.54. The number of amides is 2. The SMILES string of the molecule is CC(C)(C)C(c1nc(-c2ccccc2)cn1Cc1ccccc1)N(CCC(N)CO)C(=O)Nc1ccc(F)c(F)c1. The highest BCUT2D eigenvalue weighted by atomic mass is 19.2. The molecule has 2 unspecified atom stereocenters. The van der Waals surface area contributed by atoms with E-state index in [1.54, 1.807) is 4.90 Å². The number of nitrogens with two attached hydrogens (primary N) is 1. The number of carbonyl (C=O) groups excluding carboxylic acids is 1. The molecule has 2 amide bonds. The number of rotatable bonds is 10. The molecule has 3 aromatic carbocycles. The molecule has 41 heavy (non-hydrogen) atoms. The third-order valence-corrected chi connectivity index (χ3v) is 6.86. The van der Waals surface area contributed by atoms with Crippen LogP contribution in [0.2, 0.25) is 0 Å². The summed E-state index contributed by atoms with van der Waals surface area (Å²) < 4.78 is 29.6. The molecule has 216 valence electrons. The number of hydrogen-bond acceptors (Lipinski definition) is 4. The summed E-state index contributed by atoms with van der Waals surface area (Å²) in [6.07, 6.45) is 2.31. The minimum atomic E-state index is -1.06. The number of aliphatic hydroxyl groups excluding tert-OH is 1. The first kappa shape index (κ1) is 29.9. The molecule has 1 aromatic heterocycles. The van der Waals surface area contributed by atoms with Gasteiger partial charge in [-0.2, -0.15) is 0 Å². The predicted molar refractivity (Wildman–Crippen MR) is 157 cm³/mol. The number of halogens is 2. The van der Waals surface area contributed by atoms with E-state index in [1.165, 1.54) is 6.07 Å². The maximum Gasteiger partial charge on any atom is 0.322 e. The lowest BCUT2D eigenvalue weighted by Crippen LogP contribution is -2.46. The first-order valence-corrected chi connectivity index (χ1v) is 13.6. The molecule has 4 aromatic rings. The van der Waals surface area contributed by atoms with Gasteiger partial charge in [0.05, 0.1) is 18.3 Å². The topological polar surface area (TPSA) is 96.4 Å². The van der Waals surface area contributed by atoms with Crippen molar-refractivity contribution in [3.8, 4) is 11.3 Å². The normalized spacial score (nSPS) is 13.0. The fraction of sp³-hybridized carbons (Fsp3) is 0.312. The van der Waals surface area contributed by atoms with Crippen LogP contribution in [0.1, 0.15) is 44.6 Å². The van der Waals surface area contributed by atoms with Crippen LogP contribution in [-0.2, 0) is 6.54 Å². The van der Waals surface area contributed by atoms with Crippen LogP contribution in [0.5, 0.6) is 0 Å². The molecule has 9 heteroatoms. The number of nitrogens with zero attached hydrogens (tertiary/aromatic N) is 3. The maximum atomic E-state index is 14.0. The van der Waals surface area contributed by atoms with Crippen LogP contribution in [0, 0.1) is 17.0 Å². The second kappa shape index (κ2) is 13.1. The standard InChI is InChI=1S/C32H37F2N5O2/c1-32(2,3)29(39(17-16-24(35)21-40)31(41)36-25-14-15-26(33)27(34)18-25)30-37-28(23-12-8-5-9-13-23)20-38(30)19-22-10-6-4-7-11-22/h4-15,18,20,24,29,40H,16-17,19,21,35H2,1-3H3,(H,36,41). The first-order valence-electron chi connectivity index (χ1n) is 13.6. The molecule has 0 saturated heterocycles. The number of carbonyl (C=O) groups is 1.